The zero-order valence-corrected chi connectivity index (χ0v) is 22.1. The van der Waals surface area contributed by atoms with Gasteiger partial charge in [0.1, 0.15) is 11.6 Å². The highest BCUT2D eigenvalue weighted by molar-refractivity contribution is 9.10. The van der Waals surface area contributed by atoms with Gasteiger partial charge in [0.15, 0.2) is 0 Å². The van der Waals surface area contributed by atoms with E-state index in [1.165, 1.54) is 7.11 Å². The van der Waals surface area contributed by atoms with Crippen LogP contribution in [0.1, 0.15) is 27.3 Å². The van der Waals surface area contributed by atoms with Gasteiger partial charge in [-0.1, -0.05) is 51.3 Å². The molecular weight excluding hydrogens is 551 g/mol. The largest absolute Gasteiger partial charge is 0.496 e. The number of ether oxygens (including phenoxy) is 2. The Bertz CT molecular complexity index is 1400. The number of carbonyl (C=O) groups is 1. The molecule has 0 spiro atoms. The van der Waals surface area contributed by atoms with Crippen LogP contribution >= 0.6 is 39.1 Å². The second-order valence-electron chi connectivity index (χ2n) is 7.64. The van der Waals surface area contributed by atoms with Gasteiger partial charge in [0.05, 0.1) is 30.5 Å². The van der Waals surface area contributed by atoms with Crippen LogP contribution in [0.5, 0.6) is 5.75 Å². The van der Waals surface area contributed by atoms with Crippen LogP contribution < -0.4 is 4.74 Å². The maximum absolute atomic E-state index is 11.8. The summed E-state index contributed by atoms with van der Waals surface area (Å²) in [7, 11) is 3.00. The molecule has 0 unspecified atom stereocenters. The first-order chi connectivity index (χ1) is 16.9. The van der Waals surface area contributed by atoms with E-state index < -0.39 is 0 Å². The molecule has 4 rings (SSSR count). The molecule has 0 radical (unpaired) electrons. The second kappa shape index (κ2) is 11.1. The summed E-state index contributed by atoms with van der Waals surface area (Å²) in [5.41, 5.74) is 3.91. The fraction of sp³-hybridized carbons (Fsp3) is 0.111. The summed E-state index contributed by atoms with van der Waals surface area (Å²) in [5, 5.41) is 1.08. The number of hydrogen-bond donors (Lipinski definition) is 0. The van der Waals surface area contributed by atoms with Crippen molar-refractivity contribution in [2.75, 3.05) is 14.2 Å². The summed E-state index contributed by atoms with van der Waals surface area (Å²) >= 11 is 16.1. The average molecular weight is 572 g/mol. The van der Waals surface area contributed by atoms with E-state index in [4.69, 9.17) is 37.7 Å². The lowest BCUT2D eigenvalue weighted by Crippen LogP contribution is -2.03. The third kappa shape index (κ3) is 5.96. The molecule has 1 aromatic heterocycles. The van der Waals surface area contributed by atoms with E-state index in [1.807, 2.05) is 59.3 Å². The second-order valence-corrected chi connectivity index (χ2v) is 9.40. The van der Waals surface area contributed by atoms with Crippen LogP contribution in [0, 0.1) is 0 Å². The molecule has 35 heavy (non-hydrogen) atoms. The van der Waals surface area contributed by atoms with E-state index in [0.717, 1.165) is 38.4 Å². The molecule has 0 N–H and O–H groups in total. The Kier molecular flexibility index (Phi) is 7.96. The zero-order valence-electron chi connectivity index (χ0n) is 19.0. The van der Waals surface area contributed by atoms with Gasteiger partial charge in [0.2, 0.25) is 0 Å². The molecule has 178 valence electrons. The van der Waals surface area contributed by atoms with Gasteiger partial charge in [-0.3, -0.25) is 0 Å². The minimum atomic E-state index is -0.370. The molecule has 0 aliphatic rings. The Balaban J connectivity index is 1.73. The molecule has 0 aliphatic carbocycles. The Hall–Kier alpha value is -3.06. The van der Waals surface area contributed by atoms with Gasteiger partial charge in [-0.15, -0.1) is 0 Å². The fourth-order valence-corrected chi connectivity index (χ4v) is 4.46. The number of esters is 1. The molecule has 8 heteroatoms. The van der Waals surface area contributed by atoms with Crippen molar-refractivity contribution >= 4 is 57.3 Å². The van der Waals surface area contributed by atoms with Crippen molar-refractivity contribution in [3.63, 3.8) is 0 Å². The van der Waals surface area contributed by atoms with Crippen molar-refractivity contribution in [1.29, 1.82) is 0 Å². The first kappa shape index (κ1) is 25.0. The van der Waals surface area contributed by atoms with Gasteiger partial charge in [-0.25, -0.2) is 9.78 Å². The van der Waals surface area contributed by atoms with Crippen molar-refractivity contribution in [2.24, 2.45) is 0 Å². The molecule has 0 bridgehead atoms. The third-order valence-corrected chi connectivity index (χ3v) is 6.39. The van der Waals surface area contributed by atoms with Gasteiger partial charge in [-0.05, 0) is 66.2 Å². The summed E-state index contributed by atoms with van der Waals surface area (Å²) in [6.45, 7) is 0.537. The van der Waals surface area contributed by atoms with E-state index in [9.17, 15) is 4.79 Å². The Morgan fingerprint density at radius 2 is 1.80 bits per heavy atom. The van der Waals surface area contributed by atoms with Gasteiger partial charge < -0.3 is 14.0 Å². The lowest BCUT2D eigenvalue weighted by atomic mass is 10.1. The van der Waals surface area contributed by atoms with Crippen LogP contribution in [-0.4, -0.2) is 29.7 Å². The molecule has 0 atom stereocenters. The number of methoxy groups -OCH3 is 2. The first-order valence-corrected chi connectivity index (χ1v) is 12.1. The average Bonchev–Trinajstić information content (AvgIpc) is 3.24. The molecule has 0 saturated heterocycles. The maximum Gasteiger partial charge on any atom is 0.337 e. The number of benzene rings is 3. The van der Waals surface area contributed by atoms with Crippen molar-refractivity contribution < 1.29 is 14.3 Å². The van der Waals surface area contributed by atoms with Gasteiger partial charge in [-0.2, -0.15) is 0 Å². The van der Waals surface area contributed by atoms with E-state index in [0.29, 0.717) is 22.2 Å². The molecule has 0 saturated carbocycles. The number of halogens is 3. The molecule has 5 nitrogen and oxygen atoms in total. The minimum absolute atomic E-state index is 0.370. The lowest BCUT2D eigenvalue weighted by molar-refractivity contribution is 0.0600. The molecule has 0 fully saturated rings. The Morgan fingerprint density at radius 1 is 1.03 bits per heavy atom. The van der Waals surface area contributed by atoms with Crippen LogP contribution in [0.15, 0.2) is 71.3 Å². The maximum atomic E-state index is 11.8. The molecular formula is C27H21BrCl2N2O3. The van der Waals surface area contributed by atoms with E-state index in [2.05, 4.69) is 15.9 Å². The highest BCUT2D eigenvalue weighted by Crippen LogP contribution is 2.31. The summed E-state index contributed by atoms with van der Waals surface area (Å²) in [6, 6.07) is 18.4. The Labute approximate surface area is 222 Å². The molecule has 0 amide bonds. The molecule has 0 aliphatic heterocycles. The Morgan fingerprint density at radius 3 is 2.49 bits per heavy atom. The zero-order chi connectivity index (χ0) is 24.9. The highest BCUT2D eigenvalue weighted by atomic mass is 79.9. The van der Waals surface area contributed by atoms with Crippen LogP contribution in [-0.2, 0) is 11.3 Å². The SMILES string of the molecule is COC(=O)c1ccc(Cn2cc(-c3ccc(Cl)cc3Cl)nc2/C=C/c2cc(Br)ccc2OC)cc1. The molecule has 1 heterocycles. The highest BCUT2D eigenvalue weighted by Gasteiger charge is 2.13. The van der Waals surface area contributed by atoms with Gasteiger partial charge in [0, 0.05) is 33.4 Å². The smallest absolute Gasteiger partial charge is 0.337 e. The van der Waals surface area contributed by atoms with E-state index in [-0.39, 0.29) is 5.97 Å². The van der Waals surface area contributed by atoms with E-state index >= 15 is 0 Å². The summed E-state index contributed by atoms with van der Waals surface area (Å²) in [5.74, 6) is 1.11. The third-order valence-electron chi connectivity index (χ3n) is 5.35. The lowest BCUT2D eigenvalue weighted by Gasteiger charge is -2.07. The summed E-state index contributed by atoms with van der Waals surface area (Å²) in [6.07, 6.45) is 5.83. The summed E-state index contributed by atoms with van der Waals surface area (Å²) < 4.78 is 13.2. The monoisotopic (exact) mass is 570 g/mol. The van der Waals surface area contributed by atoms with Crippen LogP contribution in [0.4, 0.5) is 0 Å². The van der Waals surface area contributed by atoms with E-state index in [1.54, 1.807) is 31.4 Å². The number of nitrogens with zero attached hydrogens (tertiary/aromatic N) is 2. The quantitative estimate of drug-likeness (QED) is 0.214. The van der Waals surface area contributed by atoms with Crippen molar-refractivity contribution in [3.8, 4) is 17.0 Å². The van der Waals surface area contributed by atoms with Crippen molar-refractivity contribution in [1.82, 2.24) is 9.55 Å². The van der Waals surface area contributed by atoms with Crippen molar-refractivity contribution in [3.05, 3.63) is 104 Å². The molecule has 3 aromatic carbocycles. The standard InChI is InChI=1S/C27H21BrCl2N2O3/c1-34-25-11-8-20(28)13-19(25)7-12-26-31-24(22-10-9-21(29)14-23(22)30)16-32(26)15-17-3-5-18(6-4-17)27(33)35-2/h3-14,16H,15H2,1-2H3/b12-7+. The topological polar surface area (TPSA) is 53.4 Å². The van der Waals surface area contributed by atoms with Crippen LogP contribution in [0.25, 0.3) is 23.4 Å². The molecule has 4 aromatic rings. The fourth-order valence-electron chi connectivity index (χ4n) is 3.58. The summed E-state index contributed by atoms with van der Waals surface area (Å²) in [4.78, 5) is 16.6. The number of hydrogen-bond acceptors (Lipinski definition) is 4. The predicted octanol–water partition coefficient (Wildman–Crippen LogP) is 7.63. The van der Waals surface area contributed by atoms with Crippen LogP contribution in [0.2, 0.25) is 10.0 Å². The van der Waals surface area contributed by atoms with Crippen LogP contribution in [0.3, 0.4) is 0 Å². The van der Waals surface area contributed by atoms with Crippen molar-refractivity contribution in [2.45, 2.75) is 6.54 Å². The predicted molar refractivity (Wildman–Crippen MR) is 144 cm³/mol. The first-order valence-electron chi connectivity index (χ1n) is 10.6. The normalized spacial score (nSPS) is 11.1. The number of imidazole rings is 1. The van der Waals surface area contributed by atoms with Gasteiger partial charge >= 0.3 is 5.97 Å². The number of rotatable bonds is 7. The minimum Gasteiger partial charge on any atom is -0.496 e. The van der Waals surface area contributed by atoms with Gasteiger partial charge in [0.25, 0.3) is 0 Å². The number of aromatic nitrogens is 2. The number of carbonyl (C=O) groups excluding carboxylic acids is 1.